The van der Waals surface area contributed by atoms with Crippen molar-refractivity contribution in [1.82, 2.24) is 5.32 Å². The molecule has 1 aliphatic heterocycles. The van der Waals surface area contributed by atoms with Crippen LogP contribution in [0.3, 0.4) is 0 Å². The maximum absolute atomic E-state index is 10.1. The zero-order chi connectivity index (χ0) is 21.3. The summed E-state index contributed by atoms with van der Waals surface area (Å²) in [6.45, 7) is 3.86. The zero-order valence-corrected chi connectivity index (χ0v) is 14.9. The van der Waals surface area contributed by atoms with Gasteiger partial charge in [-0.25, -0.2) is 0 Å². The van der Waals surface area contributed by atoms with Gasteiger partial charge in [-0.05, 0) is 25.3 Å². The molecule has 0 aliphatic carbocycles. The highest BCUT2D eigenvalue weighted by molar-refractivity contribution is 5.73. The van der Waals surface area contributed by atoms with E-state index in [-0.39, 0.29) is 25.0 Å². The fraction of sp³-hybridized carbons (Fsp3) is 0.714. The Labute approximate surface area is 151 Å². The van der Waals surface area contributed by atoms with Gasteiger partial charge in [0, 0.05) is 0 Å². The maximum Gasteiger partial charge on any atom is 0.320 e. The van der Waals surface area contributed by atoms with Crippen LogP contribution in [0.4, 0.5) is 0 Å². The Kier molecular flexibility index (Phi) is 19.2. The highest BCUT2D eigenvalue weighted by atomic mass is 16.4. The van der Waals surface area contributed by atoms with Crippen LogP contribution in [0.2, 0.25) is 0 Å². The van der Waals surface area contributed by atoms with Gasteiger partial charge in [0.25, 0.3) is 0 Å². The molecule has 0 spiro atoms. The summed E-state index contributed by atoms with van der Waals surface area (Å²) in [6, 6.07) is -0.981. The monoisotopic (exact) mass is 382 g/mol. The summed E-state index contributed by atoms with van der Waals surface area (Å²) < 4.78 is 0. The predicted octanol–water partition coefficient (Wildman–Crippen LogP) is -2.06. The number of carboxylic acids is 4. The van der Waals surface area contributed by atoms with Crippen molar-refractivity contribution in [2.45, 2.75) is 38.8 Å². The van der Waals surface area contributed by atoms with Crippen LogP contribution in [0, 0.1) is 5.92 Å². The molecule has 1 aliphatic rings. The Morgan fingerprint density at radius 2 is 1.38 bits per heavy atom. The normalized spacial score (nSPS) is 15.8. The molecule has 0 aromatic carbocycles. The summed E-state index contributed by atoms with van der Waals surface area (Å²) in [5.41, 5.74) is 14.3. The van der Waals surface area contributed by atoms with Crippen molar-refractivity contribution in [3.05, 3.63) is 0 Å². The maximum atomic E-state index is 10.1. The molecule has 0 amide bonds. The number of hydrogen-bond donors (Lipinski definition) is 8. The summed E-state index contributed by atoms with van der Waals surface area (Å²) in [7, 11) is 0. The fourth-order valence-electron chi connectivity index (χ4n) is 1.18. The van der Waals surface area contributed by atoms with E-state index in [0.717, 1.165) is 19.4 Å². The summed E-state index contributed by atoms with van der Waals surface area (Å²) in [4.78, 5) is 38.6. The minimum atomic E-state index is -0.968. The van der Waals surface area contributed by atoms with Crippen molar-refractivity contribution in [1.29, 1.82) is 0 Å². The summed E-state index contributed by atoms with van der Waals surface area (Å²) >= 11 is 0. The molecule has 0 saturated carbocycles. The lowest BCUT2D eigenvalue weighted by atomic mass is 10.1. The smallest absolute Gasteiger partial charge is 0.320 e. The summed E-state index contributed by atoms with van der Waals surface area (Å²) in [5, 5.41) is 34.6. The second kappa shape index (κ2) is 17.5. The molecule has 1 fully saturated rings. The Hall–Kier alpha value is -2.28. The van der Waals surface area contributed by atoms with E-state index < -0.39 is 29.9 Å². The second-order valence-electron chi connectivity index (χ2n) is 5.29. The van der Waals surface area contributed by atoms with Crippen LogP contribution < -0.4 is 22.5 Å². The second-order valence-corrected chi connectivity index (χ2v) is 5.29. The molecule has 1 rings (SSSR count). The molecule has 11 N–H and O–H groups in total. The first-order chi connectivity index (χ1) is 11.9. The number of hydrogen-bond acceptors (Lipinski definition) is 8. The first-order valence-corrected chi connectivity index (χ1v) is 7.68. The average molecular weight is 382 g/mol. The largest absolute Gasteiger partial charge is 0.480 e. The molecule has 26 heavy (non-hydrogen) atoms. The van der Waals surface area contributed by atoms with Crippen molar-refractivity contribution in [3.63, 3.8) is 0 Å². The highest BCUT2D eigenvalue weighted by Crippen LogP contribution is 2.03. The van der Waals surface area contributed by atoms with Crippen molar-refractivity contribution in [3.8, 4) is 0 Å². The molecule has 0 bridgehead atoms. The van der Waals surface area contributed by atoms with Gasteiger partial charge in [0.15, 0.2) is 0 Å². The van der Waals surface area contributed by atoms with Crippen molar-refractivity contribution in [2.75, 3.05) is 19.6 Å². The van der Waals surface area contributed by atoms with Gasteiger partial charge in [-0.1, -0.05) is 13.8 Å². The molecule has 1 unspecified atom stereocenters. The van der Waals surface area contributed by atoms with Crippen LogP contribution in [0.25, 0.3) is 0 Å². The van der Waals surface area contributed by atoms with Gasteiger partial charge in [-0.15, -0.1) is 0 Å². The molecule has 0 aromatic rings. The van der Waals surface area contributed by atoms with Crippen LogP contribution in [-0.2, 0) is 19.2 Å². The van der Waals surface area contributed by atoms with Crippen LogP contribution in [-0.4, -0.2) is 76.0 Å². The van der Waals surface area contributed by atoms with Crippen molar-refractivity contribution >= 4 is 23.9 Å². The molecule has 1 saturated heterocycles. The predicted molar refractivity (Wildman–Crippen MR) is 92.5 cm³/mol. The van der Waals surface area contributed by atoms with Gasteiger partial charge < -0.3 is 42.9 Å². The lowest BCUT2D eigenvalue weighted by molar-refractivity contribution is -0.140. The topological polar surface area (TPSA) is 239 Å². The van der Waals surface area contributed by atoms with Gasteiger partial charge in [-0.3, -0.25) is 19.2 Å². The molecule has 2 atom stereocenters. The van der Waals surface area contributed by atoms with Crippen LogP contribution in [0.5, 0.6) is 0 Å². The van der Waals surface area contributed by atoms with Crippen LogP contribution >= 0.6 is 0 Å². The number of aliphatic carboxylic acids is 4. The summed E-state index contributed by atoms with van der Waals surface area (Å²) in [5.74, 6) is -3.56. The fourth-order valence-corrected chi connectivity index (χ4v) is 1.18. The third kappa shape index (κ3) is 21.7. The van der Waals surface area contributed by atoms with E-state index in [9.17, 15) is 19.2 Å². The minimum Gasteiger partial charge on any atom is -0.480 e. The van der Waals surface area contributed by atoms with E-state index in [1.165, 1.54) is 0 Å². The van der Waals surface area contributed by atoms with Gasteiger partial charge in [-0.2, -0.15) is 0 Å². The average Bonchev–Trinajstić information content (AvgIpc) is 3.10. The van der Waals surface area contributed by atoms with E-state index in [4.69, 9.17) is 26.2 Å². The molecule has 12 nitrogen and oxygen atoms in total. The number of nitrogens with two attached hydrogens (primary N) is 3. The highest BCUT2D eigenvalue weighted by Gasteiger charge is 2.20. The SMILES string of the molecule is CC(C)C(N)C(=O)O.NCC(=O)O.NCC(=O)O.O=C(O)[C@@H]1CCCN1. The third-order valence-electron chi connectivity index (χ3n) is 2.71. The third-order valence-corrected chi connectivity index (χ3v) is 2.71. The molecule has 1 heterocycles. The zero-order valence-electron chi connectivity index (χ0n) is 14.9. The molecular weight excluding hydrogens is 352 g/mol. The van der Waals surface area contributed by atoms with Gasteiger partial charge >= 0.3 is 23.9 Å². The lowest BCUT2D eigenvalue weighted by Gasteiger charge is -2.07. The first-order valence-electron chi connectivity index (χ1n) is 7.68. The van der Waals surface area contributed by atoms with E-state index in [1.54, 1.807) is 13.8 Å². The minimum absolute atomic E-state index is 0.0208. The number of carbonyl (C=O) groups is 4. The Balaban J connectivity index is -0.000000279. The molecule has 12 heteroatoms. The molecule has 154 valence electrons. The quantitative estimate of drug-likeness (QED) is 0.256. The molecule has 0 radical (unpaired) electrons. The first kappa shape index (κ1) is 28.5. The van der Waals surface area contributed by atoms with E-state index in [1.807, 2.05) is 0 Å². The standard InChI is InChI=1S/C5H9NO2.C5H11NO2.2C2H5NO2/c7-5(8)4-2-1-3-6-4;1-3(2)4(6)5(7)8;2*3-1-2(4)5/h4,6H,1-3H2,(H,7,8);3-4H,6H2,1-2H3,(H,7,8);2*1,3H2,(H,4,5)/t4-;;;/m0.../s1. The number of rotatable bonds is 5. The molecule has 0 aromatic heterocycles. The Morgan fingerprint density at radius 3 is 1.46 bits per heavy atom. The van der Waals surface area contributed by atoms with Crippen molar-refractivity contribution < 1.29 is 39.6 Å². The van der Waals surface area contributed by atoms with Gasteiger partial charge in [0.2, 0.25) is 0 Å². The van der Waals surface area contributed by atoms with E-state index in [0.29, 0.717) is 0 Å². The summed E-state index contributed by atoms with van der Waals surface area (Å²) in [6.07, 6.45) is 1.78. The Bertz CT molecular complexity index is 399. The number of carboxylic acid groups (broad SMARTS) is 4. The molecular formula is C14H30N4O8. The number of nitrogens with one attached hydrogen (secondary N) is 1. The van der Waals surface area contributed by atoms with Crippen LogP contribution in [0.1, 0.15) is 26.7 Å². The van der Waals surface area contributed by atoms with E-state index in [2.05, 4.69) is 16.8 Å². The van der Waals surface area contributed by atoms with Crippen molar-refractivity contribution in [2.24, 2.45) is 23.1 Å². The van der Waals surface area contributed by atoms with Crippen LogP contribution in [0.15, 0.2) is 0 Å². The van der Waals surface area contributed by atoms with E-state index >= 15 is 0 Å². The van der Waals surface area contributed by atoms with Gasteiger partial charge in [0.05, 0.1) is 13.1 Å². The lowest BCUT2D eigenvalue weighted by Crippen LogP contribution is -2.34. The van der Waals surface area contributed by atoms with Gasteiger partial charge in [0.1, 0.15) is 12.1 Å². The Morgan fingerprint density at radius 1 is 1.00 bits per heavy atom.